The zero-order valence-corrected chi connectivity index (χ0v) is 8.59. The summed E-state index contributed by atoms with van der Waals surface area (Å²) in [6.07, 6.45) is 2.89. The number of hydrogen-bond acceptors (Lipinski definition) is 2. The molecule has 2 nitrogen and oxygen atoms in total. The Morgan fingerprint density at radius 3 is 3.14 bits per heavy atom. The van der Waals surface area contributed by atoms with Gasteiger partial charge in [0.15, 0.2) is 0 Å². The fraction of sp³-hybridized carbons (Fsp3) is 0.500. The fourth-order valence-electron chi connectivity index (χ4n) is 1.98. The second-order valence-electron chi connectivity index (χ2n) is 4.07. The van der Waals surface area contributed by atoms with Crippen LogP contribution in [0.1, 0.15) is 24.5 Å². The van der Waals surface area contributed by atoms with Crippen LogP contribution in [0.15, 0.2) is 18.2 Å². The maximum atomic E-state index is 9.29. The highest BCUT2D eigenvalue weighted by Gasteiger charge is 2.09. The summed E-state index contributed by atoms with van der Waals surface area (Å²) in [5.41, 5.74) is 3.88. The zero-order valence-electron chi connectivity index (χ0n) is 8.59. The van der Waals surface area contributed by atoms with Crippen LogP contribution in [0.4, 0.5) is 5.69 Å². The number of nitrogens with one attached hydrogen (secondary N) is 1. The molecule has 0 amide bonds. The Bertz CT molecular complexity index is 320. The Labute approximate surface area is 85.0 Å². The van der Waals surface area contributed by atoms with Gasteiger partial charge in [0.1, 0.15) is 0 Å². The molecular weight excluding hydrogens is 174 g/mol. The van der Waals surface area contributed by atoms with Gasteiger partial charge in [0.2, 0.25) is 0 Å². The summed E-state index contributed by atoms with van der Waals surface area (Å²) < 4.78 is 0. The number of anilines is 1. The van der Waals surface area contributed by atoms with Crippen molar-refractivity contribution in [1.29, 1.82) is 0 Å². The Hall–Kier alpha value is -1.02. The third kappa shape index (κ3) is 2.07. The molecule has 1 aliphatic heterocycles. The van der Waals surface area contributed by atoms with E-state index in [9.17, 15) is 5.11 Å². The first-order valence-electron chi connectivity index (χ1n) is 5.29. The van der Waals surface area contributed by atoms with Crippen LogP contribution in [-0.4, -0.2) is 17.8 Å². The maximum absolute atomic E-state index is 9.29. The summed E-state index contributed by atoms with van der Waals surface area (Å²) in [6, 6.07) is 6.47. The molecule has 14 heavy (non-hydrogen) atoms. The van der Waals surface area contributed by atoms with Crippen LogP contribution in [0.2, 0.25) is 0 Å². The number of hydrogen-bond donors (Lipinski definition) is 2. The Balaban J connectivity index is 2.20. The van der Waals surface area contributed by atoms with Gasteiger partial charge in [0.05, 0.1) is 6.10 Å². The lowest BCUT2D eigenvalue weighted by Gasteiger charge is -2.19. The van der Waals surface area contributed by atoms with E-state index in [0.717, 1.165) is 13.0 Å². The average Bonchev–Trinajstić information content (AvgIpc) is 2.17. The van der Waals surface area contributed by atoms with Crippen molar-refractivity contribution in [2.45, 2.75) is 32.3 Å². The van der Waals surface area contributed by atoms with Crippen molar-refractivity contribution in [3.05, 3.63) is 29.3 Å². The number of aryl methyl sites for hydroxylation is 1. The van der Waals surface area contributed by atoms with E-state index in [1.807, 2.05) is 6.92 Å². The van der Waals surface area contributed by atoms with Crippen LogP contribution in [0.3, 0.4) is 0 Å². The highest BCUT2D eigenvalue weighted by Crippen LogP contribution is 2.23. The second kappa shape index (κ2) is 4.01. The van der Waals surface area contributed by atoms with E-state index in [1.165, 1.54) is 29.7 Å². The van der Waals surface area contributed by atoms with Crippen LogP contribution in [0.5, 0.6) is 0 Å². The van der Waals surface area contributed by atoms with Gasteiger partial charge in [-0.15, -0.1) is 0 Å². The van der Waals surface area contributed by atoms with Crippen molar-refractivity contribution < 1.29 is 5.11 Å². The van der Waals surface area contributed by atoms with Crippen LogP contribution < -0.4 is 5.32 Å². The van der Waals surface area contributed by atoms with Crippen LogP contribution in [-0.2, 0) is 12.8 Å². The molecule has 1 aliphatic rings. The number of aliphatic hydroxyl groups excluding tert-OH is 1. The molecule has 2 N–H and O–H groups in total. The lowest BCUT2D eigenvalue weighted by molar-refractivity contribution is 0.195. The fourth-order valence-corrected chi connectivity index (χ4v) is 1.98. The van der Waals surface area contributed by atoms with E-state index < -0.39 is 0 Å². The van der Waals surface area contributed by atoms with Crippen molar-refractivity contribution in [3.8, 4) is 0 Å². The average molecular weight is 191 g/mol. The molecule has 0 bridgehead atoms. The molecule has 0 fully saturated rings. The standard InChI is InChI=1S/C12H17NO/c1-9(14)7-10-4-5-11-3-2-6-13-12(11)8-10/h4-5,8-9,13-14H,2-3,6-7H2,1H3. The highest BCUT2D eigenvalue weighted by molar-refractivity contribution is 5.54. The smallest absolute Gasteiger partial charge is 0.0552 e. The van der Waals surface area contributed by atoms with E-state index in [2.05, 4.69) is 23.5 Å². The Kier molecular flexibility index (Phi) is 2.73. The van der Waals surface area contributed by atoms with E-state index in [-0.39, 0.29) is 6.10 Å². The molecule has 2 rings (SSSR count). The van der Waals surface area contributed by atoms with Crippen molar-refractivity contribution in [3.63, 3.8) is 0 Å². The summed E-state index contributed by atoms with van der Waals surface area (Å²) in [5.74, 6) is 0. The first-order chi connectivity index (χ1) is 6.75. The number of benzene rings is 1. The predicted octanol–water partition coefficient (Wildman–Crippen LogP) is 1.97. The van der Waals surface area contributed by atoms with Gasteiger partial charge in [-0.25, -0.2) is 0 Å². The molecule has 2 heteroatoms. The number of rotatable bonds is 2. The first-order valence-corrected chi connectivity index (χ1v) is 5.29. The van der Waals surface area contributed by atoms with Crippen molar-refractivity contribution >= 4 is 5.69 Å². The van der Waals surface area contributed by atoms with Crippen LogP contribution in [0.25, 0.3) is 0 Å². The molecule has 76 valence electrons. The van der Waals surface area contributed by atoms with Crippen molar-refractivity contribution in [1.82, 2.24) is 0 Å². The molecule has 1 heterocycles. The number of aliphatic hydroxyl groups is 1. The van der Waals surface area contributed by atoms with E-state index in [1.54, 1.807) is 0 Å². The molecule has 1 atom stereocenters. The van der Waals surface area contributed by atoms with Gasteiger partial charge in [0, 0.05) is 12.2 Å². The Morgan fingerprint density at radius 2 is 2.36 bits per heavy atom. The van der Waals surface area contributed by atoms with Gasteiger partial charge < -0.3 is 10.4 Å². The summed E-state index contributed by atoms with van der Waals surface area (Å²) in [7, 11) is 0. The van der Waals surface area contributed by atoms with E-state index in [0.29, 0.717) is 0 Å². The quantitative estimate of drug-likeness (QED) is 0.749. The van der Waals surface area contributed by atoms with Crippen LogP contribution >= 0.6 is 0 Å². The molecule has 1 aromatic rings. The lowest BCUT2D eigenvalue weighted by Crippen LogP contribution is -2.12. The van der Waals surface area contributed by atoms with Gasteiger partial charge in [-0.1, -0.05) is 12.1 Å². The van der Waals surface area contributed by atoms with Gasteiger partial charge in [0.25, 0.3) is 0 Å². The van der Waals surface area contributed by atoms with Gasteiger partial charge in [-0.2, -0.15) is 0 Å². The topological polar surface area (TPSA) is 32.3 Å². The number of fused-ring (bicyclic) bond motifs is 1. The van der Waals surface area contributed by atoms with Crippen molar-refractivity contribution in [2.75, 3.05) is 11.9 Å². The molecule has 0 saturated heterocycles. The zero-order chi connectivity index (χ0) is 9.97. The minimum atomic E-state index is -0.253. The lowest BCUT2D eigenvalue weighted by atomic mass is 9.99. The monoisotopic (exact) mass is 191 g/mol. The van der Waals surface area contributed by atoms with Gasteiger partial charge in [-0.3, -0.25) is 0 Å². The third-order valence-corrected chi connectivity index (χ3v) is 2.64. The second-order valence-corrected chi connectivity index (χ2v) is 4.07. The largest absolute Gasteiger partial charge is 0.393 e. The summed E-state index contributed by atoms with van der Waals surface area (Å²) in [5, 5.41) is 12.7. The van der Waals surface area contributed by atoms with Gasteiger partial charge in [-0.05, 0) is 43.4 Å². The molecule has 0 aliphatic carbocycles. The summed E-state index contributed by atoms with van der Waals surface area (Å²) >= 11 is 0. The molecule has 1 aromatic carbocycles. The summed E-state index contributed by atoms with van der Waals surface area (Å²) in [4.78, 5) is 0. The predicted molar refractivity (Wildman–Crippen MR) is 58.6 cm³/mol. The minimum absolute atomic E-state index is 0.253. The summed E-state index contributed by atoms with van der Waals surface area (Å²) in [6.45, 7) is 2.90. The van der Waals surface area contributed by atoms with Crippen molar-refractivity contribution in [2.24, 2.45) is 0 Å². The normalized spacial score (nSPS) is 17.0. The molecule has 0 spiro atoms. The van der Waals surface area contributed by atoms with E-state index in [4.69, 9.17) is 0 Å². The SMILES string of the molecule is CC(O)Cc1ccc2c(c1)NCCC2. The molecule has 0 saturated carbocycles. The molecular formula is C12H17NO. The molecule has 0 aromatic heterocycles. The van der Waals surface area contributed by atoms with Crippen LogP contribution in [0, 0.1) is 0 Å². The highest BCUT2D eigenvalue weighted by atomic mass is 16.3. The maximum Gasteiger partial charge on any atom is 0.0552 e. The minimum Gasteiger partial charge on any atom is -0.393 e. The van der Waals surface area contributed by atoms with E-state index >= 15 is 0 Å². The first kappa shape index (κ1) is 9.53. The molecule has 0 radical (unpaired) electrons. The molecule has 1 unspecified atom stereocenters. The van der Waals surface area contributed by atoms with Gasteiger partial charge >= 0.3 is 0 Å². The third-order valence-electron chi connectivity index (χ3n) is 2.64. The Morgan fingerprint density at radius 1 is 1.50 bits per heavy atom.